The Morgan fingerprint density at radius 2 is 2.36 bits per heavy atom. The molecule has 0 aliphatic carbocycles. The molecule has 0 saturated heterocycles. The molecule has 0 aromatic carbocycles. The minimum Gasteiger partial charge on any atom is -0.383 e. The Morgan fingerprint density at radius 3 is 3.29 bits per heavy atom. The fourth-order valence-electron chi connectivity index (χ4n) is 1.97. The van der Waals surface area contributed by atoms with Crippen molar-refractivity contribution in [1.82, 2.24) is 9.97 Å². The number of hydrogen-bond donors (Lipinski definition) is 2. The molecule has 4 nitrogen and oxygen atoms in total. The van der Waals surface area contributed by atoms with Gasteiger partial charge in [0.25, 0.3) is 0 Å². The molecule has 0 atom stereocenters. The predicted octanol–water partition coefficient (Wildman–Crippen LogP) is -0.107. The van der Waals surface area contributed by atoms with Crippen LogP contribution in [0.3, 0.4) is 0 Å². The molecular formula is C9H11N4S+. The van der Waals surface area contributed by atoms with E-state index in [1.54, 1.807) is 17.7 Å². The third-order valence-corrected chi connectivity index (χ3v) is 3.79. The topological polar surface area (TPSA) is 68.4 Å². The van der Waals surface area contributed by atoms with E-state index in [1.807, 2.05) is 0 Å². The molecule has 0 amide bonds. The molecule has 14 heavy (non-hydrogen) atoms. The van der Waals surface area contributed by atoms with Gasteiger partial charge in [-0.2, -0.15) is 0 Å². The van der Waals surface area contributed by atoms with Gasteiger partial charge < -0.3 is 11.1 Å². The normalized spacial score (nSPS) is 15.7. The quantitative estimate of drug-likeness (QED) is 0.633. The summed E-state index contributed by atoms with van der Waals surface area (Å²) in [5.41, 5.74) is 7.25. The highest BCUT2D eigenvalue weighted by molar-refractivity contribution is 7.18. The Kier molecular flexibility index (Phi) is 1.68. The van der Waals surface area contributed by atoms with Crippen LogP contribution in [-0.4, -0.2) is 16.5 Å². The lowest BCUT2D eigenvalue weighted by Gasteiger charge is -2.09. The Labute approximate surface area is 85.2 Å². The molecule has 0 spiro atoms. The Hall–Kier alpha value is -1.20. The number of nitrogens with zero attached hydrogens (tertiary/aromatic N) is 2. The van der Waals surface area contributed by atoms with Gasteiger partial charge in [0, 0.05) is 6.42 Å². The number of nitrogen functional groups attached to an aromatic ring is 1. The van der Waals surface area contributed by atoms with E-state index in [0.29, 0.717) is 5.82 Å². The van der Waals surface area contributed by atoms with Crippen LogP contribution in [-0.2, 0) is 13.0 Å². The minimum atomic E-state index is 0.634. The molecule has 1 aliphatic heterocycles. The summed E-state index contributed by atoms with van der Waals surface area (Å²) in [6.45, 7) is 2.21. The second kappa shape index (κ2) is 2.90. The van der Waals surface area contributed by atoms with E-state index in [9.17, 15) is 0 Å². The van der Waals surface area contributed by atoms with E-state index in [0.717, 1.165) is 29.7 Å². The van der Waals surface area contributed by atoms with Crippen LogP contribution in [0, 0.1) is 0 Å². The smallest absolute Gasteiger partial charge is 0.135 e. The van der Waals surface area contributed by atoms with Crippen molar-refractivity contribution < 1.29 is 5.32 Å². The minimum absolute atomic E-state index is 0.634. The van der Waals surface area contributed by atoms with Gasteiger partial charge in [0.05, 0.1) is 16.8 Å². The van der Waals surface area contributed by atoms with E-state index < -0.39 is 0 Å². The molecule has 0 saturated carbocycles. The Balaban J connectivity index is 2.38. The lowest BCUT2D eigenvalue weighted by molar-refractivity contribution is -0.672. The molecule has 2 aromatic rings. The van der Waals surface area contributed by atoms with Crippen LogP contribution < -0.4 is 11.1 Å². The summed E-state index contributed by atoms with van der Waals surface area (Å²) in [7, 11) is 0. The number of thiophene rings is 1. The zero-order valence-electron chi connectivity index (χ0n) is 7.66. The van der Waals surface area contributed by atoms with E-state index >= 15 is 0 Å². The monoisotopic (exact) mass is 207 g/mol. The molecule has 72 valence electrons. The van der Waals surface area contributed by atoms with Crippen LogP contribution in [0.2, 0.25) is 0 Å². The summed E-state index contributed by atoms with van der Waals surface area (Å²) in [6, 6.07) is 0. The van der Waals surface area contributed by atoms with Gasteiger partial charge in [-0.1, -0.05) is 0 Å². The first kappa shape index (κ1) is 8.14. The average Bonchev–Trinajstić information content (AvgIpc) is 2.57. The van der Waals surface area contributed by atoms with Gasteiger partial charge in [-0.05, 0) is 5.56 Å². The van der Waals surface area contributed by atoms with Gasteiger partial charge >= 0.3 is 0 Å². The lowest BCUT2D eigenvalue weighted by Crippen LogP contribution is -2.84. The highest BCUT2D eigenvalue weighted by Crippen LogP contribution is 2.33. The summed E-state index contributed by atoms with van der Waals surface area (Å²) < 4.78 is 0. The largest absolute Gasteiger partial charge is 0.383 e. The lowest BCUT2D eigenvalue weighted by atomic mass is 10.1. The number of nitrogens with two attached hydrogens (primary N) is 2. The van der Waals surface area contributed by atoms with Gasteiger partial charge in [0.15, 0.2) is 0 Å². The molecule has 1 aliphatic rings. The summed E-state index contributed by atoms with van der Waals surface area (Å²) >= 11 is 1.75. The number of anilines is 1. The first-order valence-corrected chi connectivity index (χ1v) is 5.50. The zero-order valence-corrected chi connectivity index (χ0v) is 8.47. The number of hydrogen-bond acceptors (Lipinski definition) is 4. The molecular weight excluding hydrogens is 196 g/mol. The third-order valence-electron chi connectivity index (χ3n) is 2.63. The highest BCUT2D eigenvalue weighted by Gasteiger charge is 2.20. The van der Waals surface area contributed by atoms with Crippen molar-refractivity contribution in [2.75, 3.05) is 12.3 Å². The fraction of sp³-hybridized carbons (Fsp3) is 0.333. The fourth-order valence-corrected chi connectivity index (χ4v) is 3.16. The van der Waals surface area contributed by atoms with Crippen LogP contribution in [0.15, 0.2) is 6.33 Å². The van der Waals surface area contributed by atoms with Gasteiger partial charge in [-0.3, -0.25) is 0 Å². The number of fused-ring (bicyclic) bond motifs is 3. The molecule has 5 heteroatoms. The molecule has 3 rings (SSSR count). The summed E-state index contributed by atoms with van der Waals surface area (Å²) in [4.78, 5) is 10.8. The number of rotatable bonds is 0. The van der Waals surface area contributed by atoms with Crippen LogP contribution in [0.4, 0.5) is 5.82 Å². The molecule has 3 heterocycles. The zero-order chi connectivity index (χ0) is 9.54. The van der Waals surface area contributed by atoms with Crippen molar-refractivity contribution in [2.45, 2.75) is 13.0 Å². The summed E-state index contributed by atoms with van der Waals surface area (Å²) in [5, 5.41) is 3.42. The van der Waals surface area contributed by atoms with Crippen LogP contribution in [0.25, 0.3) is 10.2 Å². The maximum atomic E-state index is 5.87. The second-order valence-electron chi connectivity index (χ2n) is 3.47. The van der Waals surface area contributed by atoms with Gasteiger partial charge in [-0.25, -0.2) is 9.97 Å². The van der Waals surface area contributed by atoms with Crippen molar-refractivity contribution in [2.24, 2.45) is 0 Å². The highest BCUT2D eigenvalue weighted by atomic mass is 32.1. The maximum Gasteiger partial charge on any atom is 0.135 e. The first-order valence-electron chi connectivity index (χ1n) is 4.68. The van der Waals surface area contributed by atoms with Gasteiger partial charge in [0.1, 0.15) is 23.5 Å². The third kappa shape index (κ3) is 1.03. The average molecular weight is 207 g/mol. The van der Waals surface area contributed by atoms with Crippen LogP contribution in [0.5, 0.6) is 0 Å². The predicted molar refractivity (Wildman–Crippen MR) is 56.0 cm³/mol. The molecule has 4 N–H and O–H groups in total. The van der Waals surface area contributed by atoms with Crippen molar-refractivity contribution in [3.8, 4) is 0 Å². The molecule has 0 bridgehead atoms. The van der Waals surface area contributed by atoms with Crippen molar-refractivity contribution in [3.05, 3.63) is 16.8 Å². The Bertz CT molecular complexity index is 491. The Morgan fingerprint density at radius 1 is 1.43 bits per heavy atom. The van der Waals surface area contributed by atoms with Crippen molar-refractivity contribution >= 4 is 27.4 Å². The number of aromatic nitrogens is 2. The maximum absolute atomic E-state index is 5.87. The van der Waals surface area contributed by atoms with Gasteiger partial charge in [0.2, 0.25) is 0 Å². The van der Waals surface area contributed by atoms with Crippen LogP contribution >= 0.6 is 11.3 Å². The van der Waals surface area contributed by atoms with Crippen molar-refractivity contribution in [3.63, 3.8) is 0 Å². The van der Waals surface area contributed by atoms with Gasteiger partial charge in [-0.15, -0.1) is 11.3 Å². The summed E-state index contributed by atoms with van der Waals surface area (Å²) in [5.74, 6) is 0.634. The van der Waals surface area contributed by atoms with Crippen LogP contribution in [0.1, 0.15) is 10.4 Å². The van der Waals surface area contributed by atoms with E-state index in [-0.39, 0.29) is 0 Å². The van der Waals surface area contributed by atoms with E-state index in [4.69, 9.17) is 5.73 Å². The summed E-state index contributed by atoms with van der Waals surface area (Å²) in [6.07, 6.45) is 2.64. The first-order chi connectivity index (χ1) is 6.86. The molecule has 0 unspecified atom stereocenters. The second-order valence-corrected chi connectivity index (χ2v) is 4.56. The molecule has 0 fully saturated rings. The van der Waals surface area contributed by atoms with Crippen molar-refractivity contribution in [1.29, 1.82) is 0 Å². The van der Waals surface area contributed by atoms with E-state index in [2.05, 4.69) is 15.3 Å². The SMILES string of the molecule is Nc1ncnc2sc3c(c12)CC[NH2+]C3. The molecule has 2 aromatic heterocycles. The number of quaternary nitrogens is 1. The standard InChI is InChI=1S/C9H10N4S/c10-8-7-5-1-2-11-3-6(5)14-9(7)13-4-12-8/h4,11H,1-3H2,(H2,10,12,13)/p+1. The molecule has 0 radical (unpaired) electrons. The van der Waals surface area contributed by atoms with E-state index in [1.165, 1.54) is 10.4 Å².